The van der Waals surface area contributed by atoms with Gasteiger partial charge in [-0.1, -0.05) is 24.3 Å². The third kappa shape index (κ3) is 2.39. The van der Waals surface area contributed by atoms with Crippen LogP contribution in [0.3, 0.4) is 0 Å². The molecule has 0 aliphatic heterocycles. The largest absolute Gasteiger partial charge is 0.506 e. The Balaban J connectivity index is 2.52. The molecule has 88 valence electrons. The number of hydrogen-bond acceptors (Lipinski definition) is 2. The van der Waals surface area contributed by atoms with Gasteiger partial charge >= 0.3 is 0 Å². The summed E-state index contributed by atoms with van der Waals surface area (Å²) in [6, 6.07) is 12.8. The van der Waals surface area contributed by atoms with E-state index in [0.717, 1.165) is 11.1 Å². The van der Waals surface area contributed by atoms with E-state index in [-0.39, 0.29) is 5.75 Å². The van der Waals surface area contributed by atoms with E-state index in [0.29, 0.717) is 9.79 Å². The lowest BCUT2D eigenvalue weighted by atomic mass is 10.1. The Kier molecular flexibility index (Phi) is 3.29. The van der Waals surface area contributed by atoms with Gasteiger partial charge in [0.05, 0.1) is 15.7 Å². The van der Waals surface area contributed by atoms with Gasteiger partial charge in [-0.2, -0.15) is 0 Å². The molecule has 0 spiro atoms. The molecule has 17 heavy (non-hydrogen) atoms. The van der Waals surface area contributed by atoms with E-state index in [1.807, 2.05) is 38.1 Å². The van der Waals surface area contributed by atoms with E-state index in [1.165, 1.54) is 0 Å². The van der Waals surface area contributed by atoms with E-state index < -0.39 is 10.8 Å². The van der Waals surface area contributed by atoms with Crippen molar-refractivity contribution in [2.75, 3.05) is 0 Å². The summed E-state index contributed by atoms with van der Waals surface area (Å²) in [4.78, 5) is 1.18. The second-order valence-corrected chi connectivity index (χ2v) is 5.46. The highest BCUT2D eigenvalue weighted by Gasteiger charge is 2.13. The highest BCUT2D eigenvalue weighted by molar-refractivity contribution is 7.85. The van der Waals surface area contributed by atoms with Crippen LogP contribution in [0.25, 0.3) is 0 Å². The first-order valence-corrected chi connectivity index (χ1v) is 6.51. The van der Waals surface area contributed by atoms with Gasteiger partial charge in [0, 0.05) is 4.90 Å². The molecule has 0 aromatic heterocycles. The van der Waals surface area contributed by atoms with Crippen molar-refractivity contribution in [2.24, 2.45) is 0 Å². The zero-order chi connectivity index (χ0) is 12.4. The highest BCUT2D eigenvalue weighted by atomic mass is 32.2. The molecule has 3 heteroatoms. The maximum atomic E-state index is 12.3. The smallest absolute Gasteiger partial charge is 0.134 e. The number of aryl methyl sites for hydroxylation is 2. The van der Waals surface area contributed by atoms with Gasteiger partial charge < -0.3 is 5.11 Å². The van der Waals surface area contributed by atoms with Crippen LogP contribution in [0.4, 0.5) is 0 Å². The average Bonchev–Trinajstić information content (AvgIpc) is 2.34. The standard InChI is InChI=1S/C14H14O2S/c1-10-8-11(2)14(15)13(9-10)17(16)12-6-4-3-5-7-12/h3-9,15H,1-2H3. The maximum Gasteiger partial charge on any atom is 0.134 e. The van der Waals surface area contributed by atoms with Gasteiger partial charge in [-0.15, -0.1) is 0 Å². The van der Waals surface area contributed by atoms with Gasteiger partial charge in [-0.05, 0) is 43.2 Å². The molecular formula is C14H14O2S. The average molecular weight is 246 g/mol. The van der Waals surface area contributed by atoms with Gasteiger partial charge in [-0.3, -0.25) is 0 Å². The van der Waals surface area contributed by atoms with Crippen molar-refractivity contribution >= 4 is 10.8 Å². The second kappa shape index (κ2) is 4.72. The third-order valence-corrected chi connectivity index (χ3v) is 3.98. The number of aromatic hydroxyl groups is 1. The van der Waals surface area contributed by atoms with Crippen LogP contribution in [-0.2, 0) is 10.8 Å². The van der Waals surface area contributed by atoms with Crippen molar-refractivity contribution in [1.29, 1.82) is 0 Å². The molecule has 0 bridgehead atoms. The minimum atomic E-state index is -1.33. The van der Waals surface area contributed by atoms with Crippen molar-refractivity contribution in [1.82, 2.24) is 0 Å². The van der Waals surface area contributed by atoms with Crippen LogP contribution in [0.2, 0.25) is 0 Å². The van der Waals surface area contributed by atoms with Gasteiger partial charge in [0.2, 0.25) is 0 Å². The normalized spacial score (nSPS) is 12.4. The summed E-state index contributed by atoms with van der Waals surface area (Å²) in [5.41, 5.74) is 1.75. The Labute approximate surface area is 103 Å². The van der Waals surface area contributed by atoms with Gasteiger partial charge in [-0.25, -0.2) is 4.21 Å². The van der Waals surface area contributed by atoms with Crippen molar-refractivity contribution in [3.8, 4) is 5.75 Å². The first-order valence-electron chi connectivity index (χ1n) is 5.36. The number of hydrogen-bond donors (Lipinski definition) is 1. The van der Waals surface area contributed by atoms with Crippen LogP contribution in [0.15, 0.2) is 52.3 Å². The molecule has 1 unspecified atom stereocenters. The quantitative estimate of drug-likeness (QED) is 0.883. The summed E-state index contributed by atoms with van der Waals surface area (Å²) in [6.45, 7) is 3.74. The molecule has 1 atom stereocenters. The fourth-order valence-corrected chi connectivity index (χ4v) is 3.02. The lowest BCUT2D eigenvalue weighted by molar-refractivity contribution is 0.456. The zero-order valence-corrected chi connectivity index (χ0v) is 10.6. The van der Waals surface area contributed by atoms with Crippen LogP contribution in [0.5, 0.6) is 5.75 Å². The van der Waals surface area contributed by atoms with Crippen LogP contribution in [0, 0.1) is 13.8 Å². The van der Waals surface area contributed by atoms with Gasteiger partial charge in [0.15, 0.2) is 0 Å². The molecule has 0 amide bonds. The Morgan fingerprint density at radius 2 is 1.71 bits per heavy atom. The lowest BCUT2D eigenvalue weighted by Crippen LogP contribution is -1.95. The SMILES string of the molecule is Cc1cc(C)c(O)c(S(=O)c2ccccc2)c1. The second-order valence-electron chi connectivity index (χ2n) is 4.01. The molecule has 0 aliphatic rings. The topological polar surface area (TPSA) is 37.3 Å². The van der Waals surface area contributed by atoms with E-state index >= 15 is 0 Å². The Morgan fingerprint density at radius 3 is 2.35 bits per heavy atom. The first-order chi connectivity index (χ1) is 8.09. The fourth-order valence-electron chi connectivity index (χ4n) is 1.73. The first kappa shape index (κ1) is 11.9. The summed E-state index contributed by atoms with van der Waals surface area (Å²) in [7, 11) is -1.33. The zero-order valence-electron chi connectivity index (χ0n) is 9.81. The summed E-state index contributed by atoms with van der Waals surface area (Å²) < 4.78 is 12.3. The van der Waals surface area contributed by atoms with Crippen LogP contribution in [-0.4, -0.2) is 9.32 Å². The molecule has 0 heterocycles. The van der Waals surface area contributed by atoms with Crippen molar-refractivity contribution in [3.63, 3.8) is 0 Å². The monoisotopic (exact) mass is 246 g/mol. The molecule has 2 rings (SSSR count). The molecule has 0 saturated carbocycles. The number of benzene rings is 2. The van der Waals surface area contributed by atoms with E-state index in [4.69, 9.17) is 0 Å². The predicted octanol–water partition coefficient (Wildman–Crippen LogP) is 3.18. The number of phenols is 1. The van der Waals surface area contributed by atoms with Crippen molar-refractivity contribution in [2.45, 2.75) is 23.6 Å². The highest BCUT2D eigenvalue weighted by Crippen LogP contribution is 2.29. The Bertz CT molecular complexity index is 562. The van der Waals surface area contributed by atoms with Crippen LogP contribution in [0.1, 0.15) is 11.1 Å². The van der Waals surface area contributed by atoms with Crippen LogP contribution >= 0.6 is 0 Å². The molecule has 0 aliphatic carbocycles. The number of phenolic OH excluding ortho intramolecular Hbond substituents is 1. The third-order valence-electron chi connectivity index (χ3n) is 2.57. The summed E-state index contributed by atoms with van der Waals surface area (Å²) in [5, 5.41) is 9.96. The van der Waals surface area contributed by atoms with E-state index in [1.54, 1.807) is 18.2 Å². The van der Waals surface area contributed by atoms with Crippen molar-refractivity contribution < 1.29 is 9.32 Å². The molecule has 2 aromatic carbocycles. The minimum absolute atomic E-state index is 0.123. The molecule has 0 fully saturated rings. The van der Waals surface area contributed by atoms with Crippen molar-refractivity contribution in [3.05, 3.63) is 53.6 Å². The molecule has 0 radical (unpaired) electrons. The van der Waals surface area contributed by atoms with Crippen LogP contribution < -0.4 is 0 Å². The fraction of sp³-hybridized carbons (Fsp3) is 0.143. The molecule has 1 N–H and O–H groups in total. The van der Waals surface area contributed by atoms with Gasteiger partial charge in [0.1, 0.15) is 5.75 Å². The summed E-state index contributed by atoms with van der Waals surface area (Å²) in [5.74, 6) is 0.123. The molecule has 2 aromatic rings. The van der Waals surface area contributed by atoms with Gasteiger partial charge in [0.25, 0.3) is 0 Å². The Morgan fingerprint density at radius 1 is 1.06 bits per heavy atom. The van der Waals surface area contributed by atoms with E-state index in [2.05, 4.69) is 0 Å². The Hall–Kier alpha value is -1.61. The minimum Gasteiger partial charge on any atom is -0.506 e. The molecule has 0 saturated heterocycles. The van der Waals surface area contributed by atoms with E-state index in [9.17, 15) is 9.32 Å². The maximum absolute atomic E-state index is 12.3. The molecule has 2 nitrogen and oxygen atoms in total. The summed E-state index contributed by atoms with van der Waals surface area (Å²) >= 11 is 0. The molecular weight excluding hydrogens is 232 g/mol. The number of rotatable bonds is 2. The summed E-state index contributed by atoms with van der Waals surface area (Å²) in [6.07, 6.45) is 0. The predicted molar refractivity (Wildman–Crippen MR) is 68.7 cm³/mol. The lowest BCUT2D eigenvalue weighted by Gasteiger charge is -2.08.